The Morgan fingerprint density at radius 2 is 2.05 bits per heavy atom. The highest BCUT2D eigenvalue weighted by Gasteiger charge is 2.23. The molecule has 1 fully saturated rings. The number of ether oxygens (including phenoxy) is 1. The first kappa shape index (κ1) is 14.2. The van der Waals surface area contributed by atoms with Crippen LogP contribution in [0.1, 0.15) is 0 Å². The quantitative estimate of drug-likeness (QED) is 0.746. The van der Waals surface area contributed by atoms with Gasteiger partial charge in [0.1, 0.15) is 6.04 Å². The second kappa shape index (κ2) is 6.78. The van der Waals surface area contributed by atoms with Crippen molar-refractivity contribution in [3.63, 3.8) is 0 Å². The van der Waals surface area contributed by atoms with Crippen LogP contribution in [0.15, 0.2) is 24.3 Å². The average Bonchev–Trinajstić information content (AvgIpc) is 2.55. The Bertz CT molecular complexity index is 488. The van der Waals surface area contributed by atoms with Crippen molar-refractivity contribution in [1.29, 1.82) is 0 Å². The van der Waals surface area contributed by atoms with E-state index in [2.05, 4.69) is 20.9 Å². The molecule has 6 heteroatoms. The smallest absolute Gasteiger partial charge is 0.244 e. The summed E-state index contributed by atoms with van der Waals surface area (Å²) in [6.07, 6.45) is 0. The Balaban J connectivity index is 1.44. The van der Waals surface area contributed by atoms with E-state index in [1.54, 1.807) is 0 Å². The highest BCUT2D eigenvalue weighted by Crippen LogP contribution is 2.24. The van der Waals surface area contributed by atoms with E-state index in [1.807, 2.05) is 24.3 Å². The molecule has 1 atom stereocenters. The lowest BCUT2D eigenvalue weighted by Crippen LogP contribution is -2.48. The maximum atomic E-state index is 12.2. The van der Waals surface area contributed by atoms with E-state index in [-0.39, 0.29) is 11.9 Å². The lowest BCUT2D eigenvalue weighted by atomic mass is 10.1. The van der Waals surface area contributed by atoms with Gasteiger partial charge in [0.2, 0.25) is 5.91 Å². The summed E-state index contributed by atoms with van der Waals surface area (Å²) in [6.45, 7) is 5.65. The van der Waals surface area contributed by atoms with Crippen molar-refractivity contribution < 1.29 is 9.53 Å². The van der Waals surface area contributed by atoms with Gasteiger partial charge in [-0.15, -0.1) is 0 Å². The number of fused-ring (bicyclic) bond motifs is 1. The molecule has 2 heterocycles. The first-order valence-corrected chi connectivity index (χ1v) is 7.50. The number of carbonyl (C=O) groups excluding carboxylic acids is 1. The fourth-order valence-corrected chi connectivity index (χ4v) is 2.66. The van der Waals surface area contributed by atoms with Crippen LogP contribution in [0.4, 0.5) is 11.4 Å². The van der Waals surface area contributed by atoms with Gasteiger partial charge in [0.25, 0.3) is 0 Å². The molecule has 3 rings (SSSR count). The summed E-state index contributed by atoms with van der Waals surface area (Å²) in [7, 11) is 0. The van der Waals surface area contributed by atoms with Gasteiger partial charge in [-0.1, -0.05) is 12.1 Å². The largest absolute Gasteiger partial charge is 0.381 e. The number of hydrogen-bond acceptors (Lipinski definition) is 5. The molecule has 1 aromatic carbocycles. The molecule has 0 saturated carbocycles. The molecule has 0 bridgehead atoms. The Hall–Kier alpha value is -1.79. The molecule has 1 amide bonds. The van der Waals surface area contributed by atoms with E-state index in [0.29, 0.717) is 13.1 Å². The topological polar surface area (TPSA) is 65.6 Å². The van der Waals surface area contributed by atoms with Crippen LogP contribution in [0.25, 0.3) is 0 Å². The average molecular weight is 290 g/mol. The third kappa shape index (κ3) is 3.65. The van der Waals surface area contributed by atoms with Crippen LogP contribution in [-0.4, -0.2) is 62.8 Å². The molecule has 21 heavy (non-hydrogen) atoms. The SMILES string of the molecule is O=C(NCCN1CCOCC1)C1CNc2ccccc2N1. The second-order valence-corrected chi connectivity index (χ2v) is 5.37. The minimum atomic E-state index is -0.218. The zero-order valence-electron chi connectivity index (χ0n) is 12.1. The molecule has 1 saturated heterocycles. The number of morpholine rings is 1. The fourth-order valence-electron chi connectivity index (χ4n) is 2.66. The number of carbonyl (C=O) groups is 1. The molecule has 2 aliphatic rings. The molecule has 0 aromatic heterocycles. The molecule has 1 unspecified atom stereocenters. The van der Waals surface area contributed by atoms with Crippen LogP contribution in [0.5, 0.6) is 0 Å². The third-order valence-electron chi connectivity index (χ3n) is 3.90. The van der Waals surface area contributed by atoms with Gasteiger partial charge in [-0.25, -0.2) is 0 Å². The number of para-hydroxylation sites is 2. The predicted molar refractivity (Wildman–Crippen MR) is 82.6 cm³/mol. The Labute approximate surface area is 124 Å². The van der Waals surface area contributed by atoms with Crippen LogP contribution in [0.2, 0.25) is 0 Å². The van der Waals surface area contributed by atoms with E-state index in [0.717, 1.165) is 44.2 Å². The standard InChI is InChI=1S/C15H22N4O2/c20-15(16-5-6-19-7-9-21-10-8-19)14-11-17-12-3-1-2-4-13(12)18-14/h1-4,14,17-18H,5-11H2,(H,16,20). The molecule has 1 aromatic rings. The fraction of sp³-hybridized carbons (Fsp3) is 0.533. The minimum absolute atomic E-state index is 0.0465. The molecule has 0 radical (unpaired) electrons. The first-order chi connectivity index (χ1) is 10.3. The molecule has 2 aliphatic heterocycles. The number of hydrogen-bond donors (Lipinski definition) is 3. The van der Waals surface area contributed by atoms with Crippen LogP contribution in [0.3, 0.4) is 0 Å². The summed E-state index contributed by atoms with van der Waals surface area (Å²) in [5, 5.41) is 9.57. The second-order valence-electron chi connectivity index (χ2n) is 5.37. The molecular weight excluding hydrogens is 268 g/mol. The minimum Gasteiger partial charge on any atom is -0.381 e. The Morgan fingerprint density at radius 3 is 2.86 bits per heavy atom. The van der Waals surface area contributed by atoms with E-state index in [1.165, 1.54) is 0 Å². The van der Waals surface area contributed by atoms with Crippen LogP contribution in [0, 0.1) is 0 Å². The number of rotatable bonds is 4. The summed E-state index contributed by atoms with van der Waals surface area (Å²) in [6, 6.07) is 7.72. The summed E-state index contributed by atoms with van der Waals surface area (Å²) in [5.41, 5.74) is 2.03. The lowest BCUT2D eigenvalue weighted by Gasteiger charge is -2.29. The van der Waals surface area contributed by atoms with Gasteiger partial charge in [0, 0.05) is 32.7 Å². The zero-order valence-corrected chi connectivity index (χ0v) is 12.1. The summed E-state index contributed by atoms with van der Waals surface area (Å²) in [5.74, 6) is 0.0465. The molecule has 3 N–H and O–H groups in total. The summed E-state index contributed by atoms with van der Waals surface area (Å²) >= 11 is 0. The van der Waals surface area contributed by atoms with Gasteiger partial charge in [0.15, 0.2) is 0 Å². The number of benzene rings is 1. The normalized spacial score (nSPS) is 21.8. The number of nitrogens with one attached hydrogen (secondary N) is 3. The monoisotopic (exact) mass is 290 g/mol. The number of nitrogens with zero attached hydrogens (tertiary/aromatic N) is 1. The zero-order chi connectivity index (χ0) is 14.5. The molecule has 0 aliphatic carbocycles. The molecular formula is C15H22N4O2. The third-order valence-corrected chi connectivity index (χ3v) is 3.90. The predicted octanol–water partition coefficient (Wildman–Crippen LogP) is 0.341. The maximum absolute atomic E-state index is 12.2. The highest BCUT2D eigenvalue weighted by atomic mass is 16.5. The van der Waals surface area contributed by atoms with Crippen molar-refractivity contribution in [3.8, 4) is 0 Å². The number of anilines is 2. The van der Waals surface area contributed by atoms with Crippen molar-refractivity contribution >= 4 is 17.3 Å². The van der Waals surface area contributed by atoms with Crippen molar-refractivity contribution in [1.82, 2.24) is 10.2 Å². The molecule has 6 nitrogen and oxygen atoms in total. The van der Waals surface area contributed by atoms with Gasteiger partial charge >= 0.3 is 0 Å². The van der Waals surface area contributed by atoms with Gasteiger partial charge < -0.3 is 20.7 Å². The van der Waals surface area contributed by atoms with Crippen LogP contribution >= 0.6 is 0 Å². The lowest BCUT2D eigenvalue weighted by molar-refractivity contribution is -0.121. The van der Waals surface area contributed by atoms with E-state index in [4.69, 9.17) is 4.74 Å². The van der Waals surface area contributed by atoms with Crippen molar-refractivity contribution in [2.24, 2.45) is 0 Å². The van der Waals surface area contributed by atoms with Gasteiger partial charge in [0.05, 0.1) is 24.6 Å². The van der Waals surface area contributed by atoms with Crippen molar-refractivity contribution in [2.75, 3.05) is 56.6 Å². The van der Waals surface area contributed by atoms with E-state index >= 15 is 0 Å². The number of amides is 1. The maximum Gasteiger partial charge on any atom is 0.244 e. The highest BCUT2D eigenvalue weighted by molar-refractivity contribution is 5.88. The Kier molecular flexibility index (Phi) is 4.57. The van der Waals surface area contributed by atoms with Crippen LogP contribution < -0.4 is 16.0 Å². The molecule has 114 valence electrons. The van der Waals surface area contributed by atoms with Gasteiger partial charge in [-0.05, 0) is 12.1 Å². The Morgan fingerprint density at radius 1 is 1.29 bits per heavy atom. The summed E-state index contributed by atoms with van der Waals surface area (Å²) < 4.78 is 5.31. The summed E-state index contributed by atoms with van der Waals surface area (Å²) in [4.78, 5) is 14.5. The first-order valence-electron chi connectivity index (χ1n) is 7.50. The van der Waals surface area contributed by atoms with E-state index < -0.39 is 0 Å². The molecule has 0 spiro atoms. The van der Waals surface area contributed by atoms with Crippen LogP contribution in [-0.2, 0) is 9.53 Å². The van der Waals surface area contributed by atoms with Crippen molar-refractivity contribution in [2.45, 2.75) is 6.04 Å². The van der Waals surface area contributed by atoms with Gasteiger partial charge in [-0.3, -0.25) is 9.69 Å². The van der Waals surface area contributed by atoms with Crippen molar-refractivity contribution in [3.05, 3.63) is 24.3 Å². The van der Waals surface area contributed by atoms with Gasteiger partial charge in [-0.2, -0.15) is 0 Å². The van der Waals surface area contributed by atoms with E-state index in [9.17, 15) is 4.79 Å².